The third kappa shape index (κ3) is 4.37. The number of amides is 2. The number of fused-ring (bicyclic) bond motifs is 2. The van der Waals surface area contributed by atoms with Crippen LogP contribution in [-0.2, 0) is 20.2 Å². The molecule has 0 bridgehead atoms. The quantitative estimate of drug-likeness (QED) is 0.541. The zero-order chi connectivity index (χ0) is 26.8. The number of piperidine rings is 1. The topological polar surface area (TPSA) is 116 Å². The number of benzene rings is 2. The molecule has 3 N–H and O–H groups in total. The van der Waals surface area contributed by atoms with E-state index in [0.717, 1.165) is 18.6 Å². The van der Waals surface area contributed by atoms with E-state index in [-0.39, 0.29) is 29.0 Å². The number of rotatable bonds is 5. The maximum atomic E-state index is 14.3. The zero-order valence-corrected chi connectivity index (χ0v) is 21.4. The van der Waals surface area contributed by atoms with Crippen LogP contribution in [0.2, 0.25) is 0 Å². The van der Waals surface area contributed by atoms with E-state index in [0.29, 0.717) is 56.1 Å². The maximum absolute atomic E-state index is 14.3. The van der Waals surface area contributed by atoms with E-state index < -0.39 is 37.6 Å². The molecule has 2 fully saturated rings. The van der Waals surface area contributed by atoms with Gasteiger partial charge in [-0.25, -0.2) is 17.2 Å². The number of anilines is 2. The van der Waals surface area contributed by atoms with E-state index in [1.807, 2.05) is 0 Å². The highest BCUT2D eigenvalue weighted by atomic mass is 32.2. The minimum Gasteiger partial charge on any atom is -0.390 e. The molecule has 11 heteroatoms. The molecule has 0 unspecified atom stereocenters. The van der Waals surface area contributed by atoms with Gasteiger partial charge in [-0.05, 0) is 75.3 Å². The highest BCUT2D eigenvalue weighted by molar-refractivity contribution is 7.92. The van der Waals surface area contributed by atoms with Gasteiger partial charge in [-0.1, -0.05) is 6.42 Å². The second-order valence-electron chi connectivity index (χ2n) is 10.7. The lowest BCUT2D eigenvalue weighted by Gasteiger charge is -2.38. The van der Waals surface area contributed by atoms with Gasteiger partial charge in [-0.3, -0.25) is 14.3 Å². The molecule has 0 atom stereocenters. The van der Waals surface area contributed by atoms with Gasteiger partial charge in [-0.2, -0.15) is 0 Å². The van der Waals surface area contributed by atoms with Gasteiger partial charge in [0.25, 0.3) is 15.9 Å². The molecule has 2 aliphatic heterocycles. The second-order valence-corrected chi connectivity index (χ2v) is 12.4. The molecule has 2 amide bonds. The van der Waals surface area contributed by atoms with Crippen LogP contribution in [0.4, 0.5) is 20.2 Å². The SMILES string of the molecule is CC(C)(O)C1CCN(C(=O)c2cc(NS(=O)(=O)c3ccc(F)cc3F)cc3c2NC(=O)C32CCC2)CC1. The van der Waals surface area contributed by atoms with Crippen LogP contribution in [0, 0.1) is 17.6 Å². The number of sulfonamides is 1. The number of nitrogens with zero attached hydrogens (tertiary/aromatic N) is 1. The smallest absolute Gasteiger partial charge is 0.264 e. The van der Waals surface area contributed by atoms with Gasteiger partial charge in [0.05, 0.1) is 28.0 Å². The number of aliphatic hydroxyl groups is 1. The average Bonchev–Trinajstić information content (AvgIpc) is 3.09. The van der Waals surface area contributed by atoms with E-state index in [2.05, 4.69) is 10.0 Å². The molecule has 1 saturated heterocycles. The molecule has 8 nitrogen and oxygen atoms in total. The van der Waals surface area contributed by atoms with Crippen molar-refractivity contribution in [2.75, 3.05) is 23.1 Å². The van der Waals surface area contributed by atoms with Crippen LogP contribution in [0.25, 0.3) is 0 Å². The van der Waals surface area contributed by atoms with Gasteiger partial charge in [0.1, 0.15) is 16.5 Å². The van der Waals surface area contributed by atoms with Crippen molar-refractivity contribution in [2.45, 2.75) is 61.9 Å². The molecule has 2 aromatic rings. The van der Waals surface area contributed by atoms with Crippen LogP contribution in [0.5, 0.6) is 0 Å². The molecule has 2 aromatic carbocycles. The Kier molecular flexibility index (Phi) is 6.06. The summed E-state index contributed by atoms with van der Waals surface area (Å²) in [6.45, 7) is 4.29. The first kappa shape index (κ1) is 25.6. The fraction of sp³-hybridized carbons (Fsp3) is 0.462. The Bertz CT molecular complexity index is 1390. The summed E-state index contributed by atoms with van der Waals surface area (Å²) in [5.41, 5.74) is -0.627. The Labute approximate surface area is 214 Å². The summed E-state index contributed by atoms with van der Waals surface area (Å²) in [5.74, 6) is -2.72. The summed E-state index contributed by atoms with van der Waals surface area (Å²) < 4.78 is 55.9. The maximum Gasteiger partial charge on any atom is 0.264 e. The Morgan fingerprint density at radius 2 is 1.84 bits per heavy atom. The van der Waals surface area contributed by atoms with Crippen molar-refractivity contribution in [2.24, 2.45) is 5.92 Å². The summed E-state index contributed by atoms with van der Waals surface area (Å²) in [6, 6.07) is 5.02. The van der Waals surface area contributed by atoms with Crippen molar-refractivity contribution in [3.8, 4) is 0 Å². The predicted octanol–water partition coefficient (Wildman–Crippen LogP) is 3.76. The van der Waals surface area contributed by atoms with Crippen LogP contribution in [-0.4, -0.2) is 48.9 Å². The van der Waals surface area contributed by atoms with Crippen molar-refractivity contribution in [1.82, 2.24) is 4.90 Å². The minimum absolute atomic E-state index is 0.0139. The second kappa shape index (κ2) is 8.76. The van der Waals surface area contributed by atoms with Crippen LogP contribution < -0.4 is 10.0 Å². The molecule has 1 spiro atoms. The Hall–Kier alpha value is -3.05. The molecule has 37 heavy (non-hydrogen) atoms. The number of hydrogen-bond acceptors (Lipinski definition) is 5. The number of carbonyl (C=O) groups excluding carboxylic acids is 2. The van der Waals surface area contributed by atoms with E-state index in [1.165, 1.54) is 12.1 Å². The highest BCUT2D eigenvalue weighted by Crippen LogP contribution is 2.53. The van der Waals surface area contributed by atoms with Crippen LogP contribution in [0.15, 0.2) is 35.2 Å². The normalized spacial score (nSPS) is 19.4. The highest BCUT2D eigenvalue weighted by Gasteiger charge is 2.52. The van der Waals surface area contributed by atoms with Crippen LogP contribution >= 0.6 is 0 Å². The third-order valence-electron chi connectivity index (χ3n) is 7.98. The minimum atomic E-state index is -4.46. The molecular weight excluding hydrogens is 504 g/mol. The molecule has 1 saturated carbocycles. The summed E-state index contributed by atoms with van der Waals surface area (Å²) in [7, 11) is -4.46. The summed E-state index contributed by atoms with van der Waals surface area (Å²) in [6.07, 6.45) is 3.16. The van der Waals surface area contributed by atoms with Crippen molar-refractivity contribution in [3.05, 3.63) is 53.1 Å². The lowest BCUT2D eigenvalue weighted by atomic mass is 9.65. The predicted molar refractivity (Wildman–Crippen MR) is 133 cm³/mol. The number of halogens is 2. The molecule has 3 aliphatic rings. The van der Waals surface area contributed by atoms with E-state index in [9.17, 15) is 31.9 Å². The first-order valence-electron chi connectivity index (χ1n) is 12.3. The monoisotopic (exact) mass is 533 g/mol. The van der Waals surface area contributed by atoms with Crippen molar-refractivity contribution in [3.63, 3.8) is 0 Å². The molecule has 0 aromatic heterocycles. The average molecular weight is 534 g/mol. The summed E-state index contributed by atoms with van der Waals surface area (Å²) in [5, 5.41) is 13.2. The Morgan fingerprint density at radius 1 is 1.16 bits per heavy atom. The standard InChI is InChI=1S/C26H29F2N3O5S/c1-25(2,34)15-6-10-31(11-7-15)23(32)18-13-17(14-19-22(18)29-24(33)26(19)8-3-9-26)30-37(35,36)21-5-4-16(27)12-20(21)28/h4-5,12-15,30,34H,3,6-11H2,1-2H3,(H,29,33). The lowest BCUT2D eigenvalue weighted by Crippen LogP contribution is -2.44. The Morgan fingerprint density at radius 3 is 2.41 bits per heavy atom. The number of hydrogen-bond donors (Lipinski definition) is 3. The van der Waals surface area contributed by atoms with Gasteiger partial charge >= 0.3 is 0 Å². The van der Waals surface area contributed by atoms with Crippen LogP contribution in [0.1, 0.15) is 61.9 Å². The van der Waals surface area contributed by atoms with E-state index in [4.69, 9.17) is 0 Å². The van der Waals surface area contributed by atoms with E-state index >= 15 is 0 Å². The Balaban J connectivity index is 1.52. The van der Waals surface area contributed by atoms with Crippen molar-refractivity contribution in [1.29, 1.82) is 0 Å². The first-order valence-corrected chi connectivity index (χ1v) is 13.8. The first-order chi connectivity index (χ1) is 17.3. The third-order valence-corrected chi connectivity index (χ3v) is 9.40. The number of nitrogens with one attached hydrogen (secondary N) is 2. The van der Waals surface area contributed by atoms with Gasteiger partial charge in [0.15, 0.2) is 0 Å². The lowest BCUT2D eigenvalue weighted by molar-refractivity contribution is -0.123. The molecule has 1 aliphatic carbocycles. The molecular formula is C26H29F2N3O5S. The van der Waals surface area contributed by atoms with Gasteiger partial charge in [-0.15, -0.1) is 0 Å². The molecule has 0 radical (unpaired) electrons. The summed E-state index contributed by atoms with van der Waals surface area (Å²) >= 11 is 0. The number of likely N-dealkylation sites (tertiary alicyclic amines) is 1. The summed E-state index contributed by atoms with van der Waals surface area (Å²) in [4.78, 5) is 27.5. The molecule has 198 valence electrons. The van der Waals surface area contributed by atoms with Gasteiger partial charge in [0, 0.05) is 19.2 Å². The largest absolute Gasteiger partial charge is 0.390 e. The van der Waals surface area contributed by atoms with Crippen molar-refractivity contribution >= 4 is 33.2 Å². The van der Waals surface area contributed by atoms with Crippen LogP contribution in [0.3, 0.4) is 0 Å². The molecule has 5 rings (SSSR count). The fourth-order valence-corrected chi connectivity index (χ4v) is 6.73. The van der Waals surface area contributed by atoms with Gasteiger partial charge < -0.3 is 15.3 Å². The number of carbonyl (C=O) groups is 2. The fourth-order valence-electron chi connectivity index (χ4n) is 5.63. The zero-order valence-electron chi connectivity index (χ0n) is 20.6. The van der Waals surface area contributed by atoms with E-state index in [1.54, 1.807) is 18.7 Å². The van der Waals surface area contributed by atoms with Crippen molar-refractivity contribution < 1.29 is 31.9 Å². The molecule has 2 heterocycles. The van der Waals surface area contributed by atoms with Gasteiger partial charge in [0.2, 0.25) is 5.91 Å².